The molecule has 2 N–H and O–H groups in total. The van der Waals surface area contributed by atoms with E-state index in [-0.39, 0.29) is 0 Å². The summed E-state index contributed by atoms with van der Waals surface area (Å²) in [5.74, 6) is 0. The minimum Gasteiger partial charge on any atom is -0.328 e. The number of unbranched alkanes of at least 4 members (excludes halogenated alkanes) is 20. The molecule has 0 aromatic carbocycles. The van der Waals surface area contributed by atoms with Crippen molar-refractivity contribution in [1.29, 1.82) is 0 Å². The second-order valence-electron chi connectivity index (χ2n) is 8.16. The summed E-state index contributed by atoms with van der Waals surface area (Å²) in [5.41, 5.74) is 0. The Labute approximate surface area is 171 Å². The molecule has 3 nitrogen and oxygen atoms in total. The molecule has 0 saturated carbocycles. The highest BCUT2D eigenvalue weighted by Gasteiger charge is 1.98. The van der Waals surface area contributed by atoms with Crippen LogP contribution in [-0.2, 0) is 4.52 Å². The van der Waals surface area contributed by atoms with Crippen molar-refractivity contribution >= 4 is 8.60 Å². The van der Waals surface area contributed by atoms with Gasteiger partial charge in [-0.05, 0) is 6.42 Å². The van der Waals surface area contributed by atoms with Crippen molar-refractivity contribution in [2.45, 2.75) is 142 Å². The van der Waals surface area contributed by atoms with Crippen molar-refractivity contribution < 1.29 is 14.3 Å². The van der Waals surface area contributed by atoms with Gasteiger partial charge in [-0.3, -0.25) is 0 Å². The molecule has 0 atom stereocenters. The van der Waals surface area contributed by atoms with Gasteiger partial charge in [0.1, 0.15) is 0 Å². The molecule has 0 aliphatic carbocycles. The van der Waals surface area contributed by atoms with E-state index in [0.29, 0.717) is 6.61 Å². The van der Waals surface area contributed by atoms with E-state index in [4.69, 9.17) is 14.3 Å². The average molecular weight is 405 g/mol. The molecule has 0 heterocycles. The van der Waals surface area contributed by atoms with Gasteiger partial charge in [0.2, 0.25) is 0 Å². The first-order valence-electron chi connectivity index (χ1n) is 12.1. The van der Waals surface area contributed by atoms with E-state index in [1.54, 1.807) is 0 Å². The Hall–Kier alpha value is 0.310. The van der Waals surface area contributed by atoms with Crippen LogP contribution in [0.3, 0.4) is 0 Å². The Balaban J connectivity index is 2.97. The predicted molar refractivity (Wildman–Crippen MR) is 120 cm³/mol. The molecule has 164 valence electrons. The molecule has 0 spiro atoms. The smallest absolute Gasteiger partial charge is 0.327 e. The highest BCUT2D eigenvalue weighted by atomic mass is 31.2. The van der Waals surface area contributed by atoms with E-state index < -0.39 is 8.60 Å². The third-order valence-electron chi connectivity index (χ3n) is 5.45. The maximum absolute atomic E-state index is 8.62. The highest BCUT2D eigenvalue weighted by molar-refractivity contribution is 7.39. The Morgan fingerprint density at radius 1 is 0.444 bits per heavy atom. The molecule has 0 rings (SSSR count). The quantitative estimate of drug-likeness (QED) is 0.133. The van der Waals surface area contributed by atoms with Crippen LogP contribution in [0.25, 0.3) is 0 Å². The lowest BCUT2D eigenvalue weighted by Crippen LogP contribution is -1.89. The zero-order chi connectivity index (χ0) is 19.8. The zero-order valence-corrected chi connectivity index (χ0v) is 19.2. The van der Waals surface area contributed by atoms with E-state index in [9.17, 15) is 0 Å². The Kier molecular flexibility index (Phi) is 24.6. The summed E-state index contributed by atoms with van der Waals surface area (Å²) in [6.45, 7) is 2.77. The zero-order valence-electron chi connectivity index (χ0n) is 18.3. The highest BCUT2D eigenvalue weighted by Crippen LogP contribution is 2.24. The van der Waals surface area contributed by atoms with Gasteiger partial charge < -0.3 is 14.3 Å². The summed E-state index contributed by atoms with van der Waals surface area (Å²) in [5, 5.41) is 0. The molecule has 0 unspecified atom stereocenters. The second-order valence-corrected chi connectivity index (χ2v) is 8.92. The van der Waals surface area contributed by atoms with Gasteiger partial charge in [-0.1, -0.05) is 135 Å². The van der Waals surface area contributed by atoms with E-state index in [1.165, 1.54) is 122 Å². The molecule has 4 heteroatoms. The fourth-order valence-corrected chi connectivity index (χ4v) is 3.97. The maximum Gasteiger partial charge on any atom is 0.327 e. The fourth-order valence-electron chi connectivity index (χ4n) is 3.68. The first kappa shape index (κ1) is 27.3. The summed E-state index contributed by atoms with van der Waals surface area (Å²) in [7, 11) is -2.15. The van der Waals surface area contributed by atoms with Crippen LogP contribution in [0, 0.1) is 0 Å². The van der Waals surface area contributed by atoms with Crippen LogP contribution in [0.2, 0.25) is 0 Å². The van der Waals surface area contributed by atoms with Gasteiger partial charge >= 0.3 is 8.60 Å². The second kappa shape index (κ2) is 24.3. The normalized spacial score (nSPS) is 11.6. The Bertz CT molecular complexity index is 262. The molecular formula is C23H49O3P. The minimum atomic E-state index is -2.15. The van der Waals surface area contributed by atoms with E-state index in [2.05, 4.69) is 6.92 Å². The van der Waals surface area contributed by atoms with Crippen LogP contribution < -0.4 is 0 Å². The fraction of sp³-hybridized carbons (Fsp3) is 1.00. The van der Waals surface area contributed by atoms with Gasteiger partial charge in [-0.25, -0.2) is 0 Å². The molecule has 0 bridgehead atoms. The molecule has 0 radical (unpaired) electrons. The minimum absolute atomic E-state index is 0.484. The summed E-state index contributed by atoms with van der Waals surface area (Å²) in [6, 6.07) is 0. The SMILES string of the molecule is CCCCCCCCCCCCCCCCCCCCCCCOP(O)O. The van der Waals surface area contributed by atoms with Crippen LogP contribution in [0.1, 0.15) is 142 Å². The molecule has 0 aromatic heterocycles. The third-order valence-corrected chi connectivity index (χ3v) is 5.87. The van der Waals surface area contributed by atoms with Crippen molar-refractivity contribution in [2.24, 2.45) is 0 Å². The number of hydrogen-bond donors (Lipinski definition) is 2. The maximum atomic E-state index is 8.62. The lowest BCUT2D eigenvalue weighted by atomic mass is 10.0. The van der Waals surface area contributed by atoms with Gasteiger partial charge in [-0.15, -0.1) is 0 Å². The van der Waals surface area contributed by atoms with Crippen molar-refractivity contribution in [3.63, 3.8) is 0 Å². The molecule has 0 amide bonds. The molecule has 27 heavy (non-hydrogen) atoms. The van der Waals surface area contributed by atoms with Gasteiger partial charge in [0.05, 0.1) is 6.61 Å². The van der Waals surface area contributed by atoms with Crippen molar-refractivity contribution in [3.8, 4) is 0 Å². The van der Waals surface area contributed by atoms with Gasteiger partial charge in [0.15, 0.2) is 0 Å². The van der Waals surface area contributed by atoms with Crippen molar-refractivity contribution in [1.82, 2.24) is 0 Å². The van der Waals surface area contributed by atoms with E-state index >= 15 is 0 Å². The third kappa shape index (κ3) is 26.3. The molecule has 0 saturated heterocycles. The van der Waals surface area contributed by atoms with Gasteiger partial charge in [-0.2, -0.15) is 0 Å². The first-order chi connectivity index (χ1) is 13.3. The molecule has 0 aromatic rings. The number of rotatable bonds is 23. The average Bonchev–Trinajstić information content (AvgIpc) is 2.65. The Morgan fingerprint density at radius 3 is 0.963 bits per heavy atom. The van der Waals surface area contributed by atoms with E-state index in [0.717, 1.165) is 12.8 Å². The first-order valence-corrected chi connectivity index (χ1v) is 13.2. The number of hydrogen-bond acceptors (Lipinski definition) is 3. The van der Waals surface area contributed by atoms with Gasteiger partial charge in [0.25, 0.3) is 0 Å². The van der Waals surface area contributed by atoms with Crippen molar-refractivity contribution in [3.05, 3.63) is 0 Å². The summed E-state index contributed by atoms with van der Waals surface area (Å²) in [6.07, 6.45) is 29.0. The van der Waals surface area contributed by atoms with Crippen molar-refractivity contribution in [2.75, 3.05) is 6.61 Å². The predicted octanol–water partition coefficient (Wildman–Crippen LogP) is 8.43. The van der Waals surface area contributed by atoms with Crippen LogP contribution in [0.15, 0.2) is 0 Å². The van der Waals surface area contributed by atoms with Gasteiger partial charge in [0, 0.05) is 0 Å². The van der Waals surface area contributed by atoms with Crippen LogP contribution >= 0.6 is 8.60 Å². The standard InChI is InChI=1S/C23H49O3P/c1-2-3-4-5-6-7-8-9-10-11-12-13-14-15-16-17-18-19-20-21-22-23-26-27(24)25/h24-25H,2-23H2,1H3. The largest absolute Gasteiger partial charge is 0.328 e. The molecule has 0 aliphatic rings. The Morgan fingerprint density at radius 2 is 0.704 bits per heavy atom. The summed E-state index contributed by atoms with van der Waals surface area (Å²) >= 11 is 0. The van der Waals surface area contributed by atoms with E-state index in [1.807, 2.05) is 0 Å². The molecular weight excluding hydrogens is 355 g/mol. The lowest BCUT2D eigenvalue weighted by molar-refractivity contribution is 0.248. The van der Waals surface area contributed by atoms with Crippen LogP contribution in [-0.4, -0.2) is 16.4 Å². The monoisotopic (exact) mass is 404 g/mol. The lowest BCUT2D eigenvalue weighted by Gasteiger charge is -2.05. The topological polar surface area (TPSA) is 49.7 Å². The molecule has 0 aliphatic heterocycles. The molecule has 0 fully saturated rings. The van der Waals surface area contributed by atoms with Crippen LogP contribution in [0.4, 0.5) is 0 Å². The summed E-state index contributed by atoms with van der Waals surface area (Å²) < 4.78 is 4.76. The summed E-state index contributed by atoms with van der Waals surface area (Å²) in [4.78, 5) is 17.2. The van der Waals surface area contributed by atoms with Crippen LogP contribution in [0.5, 0.6) is 0 Å².